The van der Waals surface area contributed by atoms with Gasteiger partial charge in [-0.2, -0.15) is 0 Å². The molecule has 1 aliphatic carbocycles. The molecule has 3 fully saturated rings. The minimum atomic E-state index is -1.09. The number of carbonyl (C=O) groups excluding carboxylic acids is 2. The molecule has 2 aliphatic heterocycles. The van der Waals surface area contributed by atoms with Crippen LogP contribution in [0.3, 0.4) is 0 Å². The Morgan fingerprint density at radius 2 is 1.64 bits per heavy atom. The normalized spacial score (nSPS) is 32.7. The van der Waals surface area contributed by atoms with Gasteiger partial charge in [-0.05, 0) is 36.2 Å². The molecule has 0 spiro atoms. The Kier molecular flexibility index (Phi) is 7.38. The van der Waals surface area contributed by atoms with Gasteiger partial charge >= 0.3 is 11.9 Å². The van der Waals surface area contributed by atoms with Gasteiger partial charge in [0.05, 0.1) is 26.4 Å². The van der Waals surface area contributed by atoms with Crippen molar-refractivity contribution in [3.8, 4) is 0 Å². The lowest BCUT2D eigenvalue weighted by Crippen LogP contribution is -2.48. The summed E-state index contributed by atoms with van der Waals surface area (Å²) in [5, 5.41) is 1.26. The number of ether oxygens (including phenoxy) is 3. The van der Waals surface area contributed by atoms with Crippen LogP contribution in [0.15, 0.2) is 30.3 Å². The van der Waals surface area contributed by atoms with Crippen LogP contribution in [-0.4, -0.2) is 55.9 Å². The lowest BCUT2D eigenvalue weighted by atomic mass is 9.66. The first kappa shape index (κ1) is 24.1. The zero-order valence-corrected chi connectivity index (χ0v) is 19.9. The van der Waals surface area contributed by atoms with Gasteiger partial charge in [0, 0.05) is 6.42 Å². The fourth-order valence-corrected chi connectivity index (χ4v) is 5.63. The first-order chi connectivity index (χ1) is 15.9. The predicted molar refractivity (Wildman–Crippen MR) is 118 cm³/mol. The Balaban J connectivity index is 1.46. The maximum Gasteiger partial charge on any atom is 0.338 e. The van der Waals surface area contributed by atoms with Gasteiger partial charge in [-0.1, -0.05) is 62.2 Å². The number of carbonyl (C=O) groups is 2. The van der Waals surface area contributed by atoms with Crippen LogP contribution in [0.4, 0.5) is 0 Å². The molecule has 2 saturated heterocycles. The highest BCUT2D eigenvalue weighted by Crippen LogP contribution is 2.44. The summed E-state index contributed by atoms with van der Waals surface area (Å²) in [6, 6.07) is 10.2. The van der Waals surface area contributed by atoms with Gasteiger partial charge in [0.1, 0.15) is 5.92 Å². The van der Waals surface area contributed by atoms with Crippen molar-refractivity contribution >= 4 is 11.9 Å². The second kappa shape index (κ2) is 10.1. The van der Waals surface area contributed by atoms with Crippen LogP contribution in [0.2, 0.25) is 0 Å². The third-order valence-corrected chi connectivity index (χ3v) is 7.53. The molecular formula is C25H35NO7. The predicted octanol–water partition coefficient (Wildman–Crippen LogP) is 3.54. The first-order valence-electron chi connectivity index (χ1n) is 11.9. The van der Waals surface area contributed by atoms with Crippen molar-refractivity contribution in [1.82, 2.24) is 5.23 Å². The molecule has 8 nitrogen and oxygen atoms in total. The van der Waals surface area contributed by atoms with E-state index < -0.39 is 36.3 Å². The van der Waals surface area contributed by atoms with Crippen molar-refractivity contribution in [1.29, 1.82) is 0 Å². The van der Waals surface area contributed by atoms with Crippen LogP contribution in [-0.2, 0) is 38.9 Å². The van der Waals surface area contributed by atoms with E-state index in [9.17, 15) is 9.59 Å². The van der Waals surface area contributed by atoms with Gasteiger partial charge in [0.25, 0.3) is 0 Å². The van der Waals surface area contributed by atoms with Crippen LogP contribution in [0, 0.1) is 11.8 Å². The highest BCUT2D eigenvalue weighted by molar-refractivity contribution is 5.84. The molecule has 33 heavy (non-hydrogen) atoms. The summed E-state index contributed by atoms with van der Waals surface area (Å²) in [6.07, 6.45) is 4.00. The molecule has 1 saturated carbocycles. The second-order valence-corrected chi connectivity index (χ2v) is 9.72. The molecule has 0 radical (unpaired) electrons. The van der Waals surface area contributed by atoms with Gasteiger partial charge in [0.2, 0.25) is 0 Å². The van der Waals surface area contributed by atoms with Gasteiger partial charge in [0.15, 0.2) is 12.4 Å². The minimum Gasteiger partial charge on any atom is -0.469 e. The molecule has 0 amide bonds. The highest BCUT2D eigenvalue weighted by Gasteiger charge is 2.55. The number of nitrogens with zero attached hydrogens (tertiary/aromatic N) is 1. The molecule has 6 atom stereocenters. The Hall–Kier alpha value is -2.00. The van der Waals surface area contributed by atoms with Crippen molar-refractivity contribution < 1.29 is 33.5 Å². The van der Waals surface area contributed by atoms with E-state index in [0.717, 1.165) is 19.3 Å². The Morgan fingerprint density at radius 1 is 0.939 bits per heavy atom. The maximum absolute atomic E-state index is 12.4. The molecule has 4 rings (SSSR count). The molecule has 0 N–H and O–H groups in total. The smallest absolute Gasteiger partial charge is 0.338 e. The third-order valence-electron chi connectivity index (χ3n) is 7.53. The number of fused-ring (bicyclic) bond motifs is 1. The number of rotatable bonds is 6. The number of benzene rings is 1. The highest BCUT2D eigenvalue weighted by atomic mass is 17.0. The second-order valence-electron chi connectivity index (χ2n) is 9.72. The summed E-state index contributed by atoms with van der Waals surface area (Å²) >= 11 is 0. The zero-order chi connectivity index (χ0) is 23.6. The van der Waals surface area contributed by atoms with Crippen molar-refractivity contribution in [3.05, 3.63) is 35.9 Å². The summed E-state index contributed by atoms with van der Waals surface area (Å²) in [7, 11) is 2.56. The van der Waals surface area contributed by atoms with Crippen LogP contribution in [0.1, 0.15) is 57.9 Å². The van der Waals surface area contributed by atoms with Crippen LogP contribution in [0.25, 0.3) is 0 Å². The summed E-state index contributed by atoms with van der Waals surface area (Å²) in [4.78, 5) is 36.3. The Labute approximate surface area is 195 Å². The van der Waals surface area contributed by atoms with E-state index in [-0.39, 0.29) is 11.5 Å². The molecule has 182 valence electrons. The van der Waals surface area contributed by atoms with Crippen molar-refractivity contribution in [2.24, 2.45) is 11.8 Å². The molecular weight excluding hydrogens is 426 g/mol. The number of methoxy groups -OCH3 is 2. The molecule has 3 aliphatic rings. The first-order valence-corrected chi connectivity index (χ1v) is 11.9. The van der Waals surface area contributed by atoms with Crippen molar-refractivity contribution in [2.75, 3.05) is 14.2 Å². The van der Waals surface area contributed by atoms with E-state index in [1.165, 1.54) is 31.4 Å². The molecule has 1 aromatic rings. The van der Waals surface area contributed by atoms with E-state index >= 15 is 0 Å². The average molecular weight is 462 g/mol. The molecule has 0 unspecified atom stereocenters. The SMILES string of the molecule is COC(=O)[C@@H]1[C@H]2CC[C@H](O[C@H]3CCCC[C@@H]3C(C)(C)c3ccccc3)ON2O[C@H]1C(=O)OC. The molecule has 2 heterocycles. The maximum atomic E-state index is 12.4. The van der Waals surface area contributed by atoms with E-state index in [4.69, 9.17) is 23.9 Å². The monoisotopic (exact) mass is 461 g/mol. The van der Waals surface area contributed by atoms with Gasteiger partial charge in [-0.3, -0.25) is 9.63 Å². The Bertz CT molecular complexity index is 829. The van der Waals surface area contributed by atoms with Crippen molar-refractivity contribution in [2.45, 2.75) is 82.3 Å². The molecule has 0 aromatic heterocycles. The van der Waals surface area contributed by atoms with E-state index in [1.807, 2.05) is 6.07 Å². The van der Waals surface area contributed by atoms with Crippen LogP contribution >= 0.6 is 0 Å². The molecule has 1 aromatic carbocycles. The van der Waals surface area contributed by atoms with Gasteiger partial charge in [-0.15, -0.1) is 0 Å². The van der Waals surface area contributed by atoms with Crippen molar-refractivity contribution in [3.63, 3.8) is 0 Å². The van der Waals surface area contributed by atoms with E-state index in [2.05, 4.69) is 38.1 Å². The number of esters is 2. The molecule has 8 heteroatoms. The number of hydrogen-bond acceptors (Lipinski definition) is 8. The van der Waals surface area contributed by atoms with E-state index in [1.54, 1.807) is 0 Å². The average Bonchev–Trinajstić information content (AvgIpc) is 3.22. The lowest BCUT2D eigenvalue weighted by molar-refractivity contribution is -0.439. The quantitative estimate of drug-likeness (QED) is 0.595. The number of hydrogen-bond donors (Lipinski definition) is 0. The standard InChI is InChI=1S/C25H35NO7/c1-25(2,16-10-6-5-7-11-16)17-12-8-9-13-19(17)31-20-15-14-18-21(23(27)29-3)22(24(28)30-4)33-26(18)32-20/h5-7,10-11,17-22H,8-9,12-15H2,1-4H3/t17-,18+,19-,20+,21+,22+/m0/s1. The molecule has 0 bridgehead atoms. The topological polar surface area (TPSA) is 83.5 Å². The fourth-order valence-electron chi connectivity index (χ4n) is 5.63. The van der Waals surface area contributed by atoms with Gasteiger partial charge in [-0.25, -0.2) is 9.63 Å². The third kappa shape index (κ3) is 4.80. The lowest BCUT2D eigenvalue weighted by Gasteiger charge is -2.44. The van der Waals surface area contributed by atoms with Gasteiger partial charge < -0.3 is 14.2 Å². The minimum absolute atomic E-state index is 0.0420. The van der Waals surface area contributed by atoms with Crippen LogP contribution in [0.5, 0.6) is 0 Å². The summed E-state index contributed by atoms with van der Waals surface area (Å²) < 4.78 is 16.3. The summed E-state index contributed by atoms with van der Waals surface area (Å²) in [5.41, 5.74) is 1.26. The van der Waals surface area contributed by atoms with Crippen LogP contribution < -0.4 is 0 Å². The number of hydroxylamine groups is 2. The summed E-state index contributed by atoms with van der Waals surface area (Å²) in [6.45, 7) is 4.58. The largest absolute Gasteiger partial charge is 0.469 e. The Morgan fingerprint density at radius 3 is 2.33 bits per heavy atom. The van der Waals surface area contributed by atoms with E-state index in [0.29, 0.717) is 18.8 Å². The fraction of sp³-hybridized carbons (Fsp3) is 0.680. The zero-order valence-electron chi connectivity index (χ0n) is 19.9. The summed E-state index contributed by atoms with van der Waals surface area (Å²) in [5.74, 6) is -1.60.